The van der Waals surface area contributed by atoms with Gasteiger partial charge in [0, 0.05) is 7.11 Å². The largest absolute Gasteiger partial charge is 0.373 e. The summed E-state index contributed by atoms with van der Waals surface area (Å²) in [7, 11) is 1.74. The molecule has 1 atom stereocenters. The van der Waals surface area contributed by atoms with Gasteiger partial charge in [-0.15, -0.1) is 0 Å². The predicted octanol–water partition coefficient (Wildman–Crippen LogP) is 2.85. The average Bonchev–Trinajstić information content (AvgIpc) is 2.12. The molecule has 1 aliphatic carbocycles. The van der Waals surface area contributed by atoms with Crippen LogP contribution in [0.5, 0.6) is 0 Å². The lowest BCUT2D eigenvalue weighted by molar-refractivity contribution is 0.177. The second-order valence-electron chi connectivity index (χ2n) is 3.29. The third-order valence-electron chi connectivity index (χ3n) is 2.18. The molecule has 0 aromatic rings. The minimum atomic E-state index is 0.138. The van der Waals surface area contributed by atoms with Gasteiger partial charge in [-0.1, -0.05) is 11.6 Å². The lowest BCUT2D eigenvalue weighted by Gasteiger charge is -2.05. The third-order valence-corrected chi connectivity index (χ3v) is 2.18. The first kappa shape index (κ1) is 9.27. The topological polar surface area (TPSA) is 9.23 Å². The molecule has 1 nitrogen and oxygen atoms in total. The van der Waals surface area contributed by atoms with Gasteiger partial charge in [-0.2, -0.15) is 0 Å². The van der Waals surface area contributed by atoms with Gasteiger partial charge in [0.05, 0.1) is 6.10 Å². The summed E-state index contributed by atoms with van der Waals surface area (Å²) in [6.45, 7) is 6.34. The summed E-state index contributed by atoms with van der Waals surface area (Å²) in [5.41, 5.74) is 3.89. The van der Waals surface area contributed by atoms with Crippen molar-refractivity contribution in [3.8, 4) is 0 Å². The van der Waals surface area contributed by atoms with Gasteiger partial charge in [-0.05, 0) is 44.1 Å². The van der Waals surface area contributed by atoms with Crippen molar-refractivity contribution in [3.63, 3.8) is 0 Å². The molecule has 0 saturated carbocycles. The summed E-state index contributed by atoms with van der Waals surface area (Å²) in [4.78, 5) is 0. The van der Waals surface area contributed by atoms with E-state index < -0.39 is 0 Å². The Morgan fingerprint density at radius 1 is 1.08 bits per heavy atom. The van der Waals surface area contributed by atoms with Gasteiger partial charge >= 0.3 is 0 Å². The zero-order valence-electron chi connectivity index (χ0n) is 8.22. The monoisotopic (exact) mass is 164 g/mol. The number of ether oxygens (including phenoxy) is 1. The van der Waals surface area contributed by atoms with Gasteiger partial charge < -0.3 is 4.74 Å². The number of hydrogen-bond donors (Lipinski definition) is 0. The Morgan fingerprint density at radius 3 is 2.33 bits per heavy atom. The molecule has 0 aliphatic heterocycles. The van der Waals surface area contributed by atoms with E-state index >= 15 is 0 Å². The van der Waals surface area contributed by atoms with Crippen molar-refractivity contribution >= 4 is 0 Å². The number of allylic oxidation sites excluding steroid dienone is 4. The van der Waals surface area contributed by atoms with E-state index in [1.54, 1.807) is 7.11 Å². The smallest absolute Gasteiger partial charge is 0.0944 e. The molecule has 1 aliphatic rings. The van der Waals surface area contributed by atoms with Crippen LogP contribution in [0.1, 0.15) is 20.8 Å². The van der Waals surface area contributed by atoms with Crippen LogP contribution in [0.2, 0.25) is 0 Å². The highest BCUT2D eigenvalue weighted by atomic mass is 16.5. The van der Waals surface area contributed by atoms with Crippen molar-refractivity contribution in [2.75, 3.05) is 7.11 Å². The molecule has 0 heterocycles. The first-order valence-corrected chi connectivity index (χ1v) is 4.22. The van der Waals surface area contributed by atoms with Crippen molar-refractivity contribution in [2.24, 2.45) is 0 Å². The van der Waals surface area contributed by atoms with Crippen molar-refractivity contribution in [1.82, 2.24) is 0 Å². The zero-order chi connectivity index (χ0) is 9.14. The molecule has 12 heavy (non-hydrogen) atoms. The summed E-state index contributed by atoms with van der Waals surface area (Å²) >= 11 is 0. The first-order chi connectivity index (χ1) is 5.63. The van der Waals surface area contributed by atoms with Crippen LogP contribution in [0.15, 0.2) is 34.9 Å². The number of hydrogen-bond acceptors (Lipinski definition) is 1. The minimum absolute atomic E-state index is 0.138. The Morgan fingerprint density at radius 2 is 1.75 bits per heavy atom. The van der Waals surface area contributed by atoms with Crippen LogP contribution in [0, 0.1) is 0 Å². The van der Waals surface area contributed by atoms with Gasteiger partial charge in [0.1, 0.15) is 0 Å². The molecule has 66 valence electrons. The van der Waals surface area contributed by atoms with E-state index in [4.69, 9.17) is 4.74 Å². The summed E-state index contributed by atoms with van der Waals surface area (Å²) in [5.74, 6) is 0. The van der Waals surface area contributed by atoms with Gasteiger partial charge in [0.2, 0.25) is 0 Å². The van der Waals surface area contributed by atoms with E-state index in [9.17, 15) is 0 Å². The number of rotatable bonds is 1. The van der Waals surface area contributed by atoms with E-state index in [0.29, 0.717) is 0 Å². The quantitative estimate of drug-likeness (QED) is 0.579. The molecular weight excluding hydrogens is 148 g/mol. The van der Waals surface area contributed by atoms with E-state index in [2.05, 4.69) is 39.0 Å². The Hall–Kier alpha value is -0.820. The predicted molar refractivity (Wildman–Crippen MR) is 52.1 cm³/mol. The maximum absolute atomic E-state index is 5.27. The molecule has 0 amide bonds. The van der Waals surface area contributed by atoms with Crippen LogP contribution in [-0.2, 0) is 4.74 Å². The molecule has 0 aromatic heterocycles. The zero-order valence-corrected chi connectivity index (χ0v) is 8.22. The van der Waals surface area contributed by atoms with Gasteiger partial charge in [-0.3, -0.25) is 0 Å². The van der Waals surface area contributed by atoms with Crippen LogP contribution >= 0.6 is 0 Å². The Bertz CT molecular complexity index is 256. The minimum Gasteiger partial charge on any atom is -0.373 e. The average molecular weight is 164 g/mol. The van der Waals surface area contributed by atoms with Crippen LogP contribution in [0.25, 0.3) is 0 Å². The molecule has 0 bridgehead atoms. The molecule has 0 saturated heterocycles. The molecule has 0 N–H and O–H groups in total. The summed E-state index contributed by atoms with van der Waals surface area (Å²) in [6.07, 6.45) is 6.59. The van der Waals surface area contributed by atoms with Crippen molar-refractivity contribution in [3.05, 3.63) is 34.9 Å². The second kappa shape index (κ2) is 3.72. The lowest BCUT2D eigenvalue weighted by Crippen LogP contribution is -2.02. The fourth-order valence-corrected chi connectivity index (χ4v) is 1.32. The Balaban J connectivity index is 2.97. The fourth-order valence-electron chi connectivity index (χ4n) is 1.32. The Kier molecular flexibility index (Phi) is 2.88. The van der Waals surface area contributed by atoms with Gasteiger partial charge in [0.25, 0.3) is 0 Å². The maximum atomic E-state index is 5.27. The molecule has 1 rings (SSSR count). The first-order valence-electron chi connectivity index (χ1n) is 4.22. The molecule has 0 radical (unpaired) electrons. The maximum Gasteiger partial charge on any atom is 0.0944 e. The van der Waals surface area contributed by atoms with Gasteiger partial charge in [-0.25, -0.2) is 0 Å². The van der Waals surface area contributed by atoms with Crippen LogP contribution in [0.4, 0.5) is 0 Å². The summed E-state index contributed by atoms with van der Waals surface area (Å²) in [5, 5.41) is 0. The van der Waals surface area contributed by atoms with E-state index in [1.807, 2.05) is 0 Å². The van der Waals surface area contributed by atoms with Crippen molar-refractivity contribution < 1.29 is 4.74 Å². The van der Waals surface area contributed by atoms with Crippen molar-refractivity contribution in [1.29, 1.82) is 0 Å². The van der Waals surface area contributed by atoms with E-state index in [0.717, 1.165) is 0 Å². The van der Waals surface area contributed by atoms with E-state index in [1.165, 1.54) is 16.7 Å². The number of methoxy groups -OCH3 is 1. The molecule has 0 spiro atoms. The highest BCUT2D eigenvalue weighted by Crippen LogP contribution is 2.18. The van der Waals surface area contributed by atoms with Crippen LogP contribution < -0.4 is 0 Å². The highest BCUT2D eigenvalue weighted by Gasteiger charge is 2.05. The molecule has 1 heteroatoms. The fraction of sp³-hybridized carbons (Fsp3) is 0.455. The van der Waals surface area contributed by atoms with Gasteiger partial charge in [0.15, 0.2) is 0 Å². The molecule has 0 aromatic carbocycles. The van der Waals surface area contributed by atoms with Crippen LogP contribution in [-0.4, -0.2) is 13.2 Å². The normalized spacial score (nSPS) is 24.0. The molecule has 0 fully saturated rings. The molecular formula is C11H16O. The van der Waals surface area contributed by atoms with E-state index in [-0.39, 0.29) is 6.10 Å². The Labute approximate surface area is 74.4 Å². The molecule has 1 unspecified atom stereocenters. The summed E-state index contributed by atoms with van der Waals surface area (Å²) < 4.78 is 5.27. The third kappa shape index (κ3) is 2.08. The van der Waals surface area contributed by atoms with Crippen LogP contribution in [0.3, 0.4) is 0 Å². The lowest BCUT2D eigenvalue weighted by atomic mass is 10.1. The SMILES string of the molecule is COC1C=C(C)C=C(C)C(C)=C1. The highest BCUT2D eigenvalue weighted by molar-refractivity contribution is 5.39. The summed E-state index contributed by atoms with van der Waals surface area (Å²) in [6, 6.07) is 0. The second-order valence-corrected chi connectivity index (χ2v) is 3.29. The standard InChI is InChI=1S/C11H16O/c1-8-5-9(2)10(3)7-11(6-8)12-4/h5-7,11H,1-4H3. The van der Waals surface area contributed by atoms with Crippen molar-refractivity contribution in [2.45, 2.75) is 26.9 Å².